The fourth-order valence-electron chi connectivity index (χ4n) is 3.23. The van der Waals surface area contributed by atoms with Crippen LogP contribution in [0.25, 0.3) is 0 Å². The summed E-state index contributed by atoms with van der Waals surface area (Å²) < 4.78 is 11.2. The predicted molar refractivity (Wildman–Crippen MR) is 112 cm³/mol. The number of methoxy groups -OCH3 is 1. The van der Waals surface area contributed by atoms with Crippen LogP contribution in [-0.4, -0.2) is 30.5 Å². The zero-order valence-electron chi connectivity index (χ0n) is 16.2. The smallest absolute Gasteiger partial charge is 0.274 e. The minimum absolute atomic E-state index is 0.211. The van der Waals surface area contributed by atoms with Gasteiger partial charge in [0.1, 0.15) is 18.1 Å². The molecule has 1 aromatic heterocycles. The molecule has 2 amide bonds. The van der Waals surface area contributed by atoms with Gasteiger partial charge >= 0.3 is 0 Å². The second-order valence-electron chi connectivity index (χ2n) is 6.64. The Hall–Kier alpha value is -4.07. The van der Waals surface area contributed by atoms with E-state index in [1.54, 1.807) is 48.5 Å². The number of benzene rings is 2. The fraction of sp³-hybridized carbons (Fsp3) is 0.136. The number of nitrogens with two attached hydrogens (primary N) is 1. The van der Waals surface area contributed by atoms with Gasteiger partial charge in [-0.25, -0.2) is 4.98 Å². The van der Waals surface area contributed by atoms with Crippen molar-refractivity contribution in [3.8, 4) is 11.5 Å². The van der Waals surface area contributed by atoms with Gasteiger partial charge in [-0.1, -0.05) is 42.5 Å². The van der Waals surface area contributed by atoms with Crippen LogP contribution in [-0.2, 0) is 9.59 Å². The maximum atomic E-state index is 13.2. The average molecular weight is 404 g/mol. The number of amides is 2. The Morgan fingerprint density at radius 1 is 1.13 bits per heavy atom. The predicted octanol–water partition coefficient (Wildman–Crippen LogP) is 2.78. The van der Waals surface area contributed by atoms with E-state index in [2.05, 4.69) is 10.3 Å². The van der Waals surface area contributed by atoms with Crippen molar-refractivity contribution in [3.05, 3.63) is 72.3 Å². The van der Waals surface area contributed by atoms with Crippen LogP contribution in [0.15, 0.2) is 66.7 Å². The molecule has 2 aromatic carbocycles. The maximum absolute atomic E-state index is 13.2. The molecular formula is C22H20N4O4. The first-order valence-corrected chi connectivity index (χ1v) is 9.29. The van der Waals surface area contributed by atoms with E-state index in [-0.39, 0.29) is 18.2 Å². The number of carbonyl (C=O) groups excluding carboxylic acids is 2. The van der Waals surface area contributed by atoms with E-state index in [4.69, 9.17) is 15.2 Å². The molecule has 1 unspecified atom stereocenters. The second kappa shape index (κ2) is 8.12. The van der Waals surface area contributed by atoms with Crippen molar-refractivity contribution in [2.24, 2.45) is 0 Å². The van der Waals surface area contributed by atoms with Gasteiger partial charge in [0.25, 0.3) is 5.91 Å². The molecule has 0 spiro atoms. The third kappa shape index (κ3) is 3.75. The van der Waals surface area contributed by atoms with Crippen LogP contribution >= 0.6 is 0 Å². The summed E-state index contributed by atoms with van der Waals surface area (Å²) >= 11 is 0. The number of fused-ring (bicyclic) bond motifs is 1. The SMILES string of the molecule is COc1ccccc1NC(=O)CN1C(=O)C(c2ccccc2)Oc2ccc(N)nc21. The van der Waals surface area contributed by atoms with Crippen molar-refractivity contribution in [3.63, 3.8) is 0 Å². The van der Waals surface area contributed by atoms with Crippen molar-refractivity contribution in [1.82, 2.24) is 4.98 Å². The van der Waals surface area contributed by atoms with E-state index in [0.29, 0.717) is 22.7 Å². The van der Waals surface area contributed by atoms with Gasteiger partial charge in [0.15, 0.2) is 11.6 Å². The number of aromatic nitrogens is 1. The number of anilines is 3. The van der Waals surface area contributed by atoms with Crippen LogP contribution in [0.2, 0.25) is 0 Å². The van der Waals surface area contributed by atoms with Crippen molar-refractivity contribution in [2.45, 2.75) is 6.10 Å². The number of hydrogen-bond donors (Lipinski definition) is 2. The lowest BCUT2D eigenvalue weighted by Crippen LogP contribution is -2.45. The normalized spacial score (nSPS) is 15.2. The van der Waals surface area contributed by atoms with E-state index >= 15 is 0 Å². The monoisotopic (exact) mass is 404 g/mol. The van der Waals surface area contributed by atoms with E-state index in [1.165, 1.54) is 12.0 Å². The molecule has 1 aliphatic rings. The van der Waals surface area contributed by atoms with Gasteiger partial charge in [0.2, 0.25) is 12.0 Å². The summed E-state index contributed by atoms with van der Waals surface area (Å²) in [5.41, 5.74) is 6.99. The molecule has 30 heavy (non-hydrogen) atoms. The third-order valence-electron chi connectivity index (χ3n) is 4.64. The largest absolute Gasteiger partial charge is 0.495 e. The quantitative estimate of drug-likeness (QED) is 0.677. The fourth-order valence-corrected chi connectivity index (χ4v) is 3.23. The molecule has 4 rings (SSSR count). The molecule has 1 atom stereocenters. The van der Waals surface area contributed by atoms with E-state index in [9.17, 15) is 9.59 Å². The van der Waals surface area contributed by atoms with Gasteiger partial charge in [-0.2, -0.15) is 0 Å². The minimum atomic E-state index is -0.886. The number of hydrogen-bond acceptors (Lipinski definition) is 6. The molecule has 0 fully saturated rings. The number of pyridine rings is 1. The Labute approximate surface area is 173 Å². The second-order valence-corrected chi connectivity index (χ2v) is 6.64. The van der Waals surface area contributed by atoms with E-state index in [0.717, 1.165) is 0 Å². The molecule has 152 valence electrons. The number of nitrogens with zero attached hydrogens (tertiary/aromatic N) is 2. The zero-order valence-corrected chi connectivity index (χ0v) is 16.2. The standard InChI is InChI=1S/C22H20N4O4/c1-29-16-10-6-5-9-15(16)24-19(27)13-26-21-17(11-12-18(23)25-21)30-20(22(26)28)14-7-3-2-4-8-14/h2-12,20H,13H2,1H3,(H2,23,25)(H,24,27). The van der Waals surface area contributed by atoms with Gasteiger partial charge in [0, 0.05) is 5.56 Å². The van der Waals surface area contributed by atoms with Gasteiger partial charge in [-0.3, -0.25) is 14.5 Å². The molecule has 3 N–H and O–H groups in total. The number of nitrogen functional groups attached to an aromatic ring is 1. The molecule has 1 aliphatic heterocycles. The summed E-state index contributed by atoms with van der Waals surface area (Å²) in [6.45, 7) is -0.257. The summed E-state index contributed by atoms with van der Waals surface area (Å²) in [6.07, 6.45) is -0.886. The van der Waals surface area contributed by atoms with E-state index in [1.807, 2.05) is 18.2 Å². The highest BCUT2D eigenvalue weighted by Gasteiger charge is 2.37. The van der Waals surface area contributed by atoms with Crippen LogP contribution in [0.4, 0.5) is 17.3 Å². The van der Waals surface area contributed by atoms with Gasteiger partial charge in [0.05, 0.1) is 12.8 Å². The summed E-state index contributed by atoms with van der Waals surface area (Å²) in [4.78, 5) is 31.5. The van der Waals surface area contributed by atoms with E-state index < -0.39 is 17.9 Å². The Morgan fingerprint density at radius 2 is 1.87 bits per heavy atom. The van der Waals surface area contributed by atoms with Gasteiger partial charge in [-0.05, 0) is 24.3 Å². The number of para-hydroxylation sites is 2. The Kier molecular flexibility index (Phi) is 5.21. The molecule has 3 aromatic rings. The molecule has 0 aliphatic carbocycles. The summed E-state index contributed by atoms with van der Waals surface area (Å²) in [7, 11) is 1.52. The first-order valence-electron chi connectivity index (χ1n) is 9.29. The molecule has 2 heterocycles. The molecule has 0 bridgehead atoms. The lowest BCUT2D eigenvalue weighted by Gasteiger charge is -2.33. The van der Waals surface area contributed by atoms with Crippen LogP contribution < -0.4 is 25.4 Å². The lowest BCUT2D eigenvalue weighted by atomic mass is 10.1. The molecule has 8 heteroatoms. The number of ether oxygens (including phenoxy) is 2. The van der Waals surface area contributed by atoms with Crippen LogP contribution in [0, 0.1) is 0 Å². The number of nitrogens with one attached hydrogen (secondary N) is 1. The van der Waals surface area contributed by atoms with Crippen molar-refractivity contribution >= 4 is 29.1 Å². The minimum Gasteiger partial charge on any atom is -0.495 e. The van der Waals surface area contributed by atoms with Crippen LogP contribution in [0.1, 0.15) is 11.7 Å². The first-order chi connectivity index (χ1) is 14.6. The Bertz CT molecular complexity index is 1090. The van der Waals surface area contributed by atoms with Crippen molar-refractivity contribution in [1.29, 1.82) is 0 Å². The highest BCUT2D eigenvalue weighted by Crippen LogP contribution is 2.38. The Morgan fingerprint density at radius 3 is 2.63 bits per heavy atom. The summed E-state index contributed by atoms with van der Waals surface area (Å²) in [5.74, 6) is 0.520. The van der Waals surface area contributed by atoms with Crippen molar-refractivity contribution in [2.75, 3.05) is 29.6 Å². The lowest BCUT2D eigenvalue weighted by molar-refractivity contribution is -0.128. The maximum Gasteiger partial charge on any atom is 0.274 e. The molecular weight excluding hydrogens is 384 g/mol. The topological polar surface area (TPSA) is 107 Å². The number of carbonyl (C=O) groups is 2. The average Bonchev–Trinajstić information content (AvgIpc) is 2.76. The van der Waals surface area contributed by atoms with Crippen LogP contribution in [0.3, 0.4) is 0 Å². The number of rotatable bonds is 5. The molecule has 0 radical (unpaired) electrons. The van der Waals surface area contributed by atoms with Gasteiger partial charge < -0.3 is 20.5 Å². The van der Waals surface area contributed by atoms with Crippen LogP contribution in [0.5, 0.6) is 11.5 Å². The molecule has 0 saturated heterocycles. The summed E-state index contributed by atoms with van der Waals surface area (Å²) in [5, 5.41) is 2.77. The first kappa shape index (κ1) is 19.3. The summed E-state index contributed by atoms with van der Waals surface area (Å²) in [6, 6.07) is 19.3. The zero-order chi connectivity index (χ0) is 21.1. The van der Waals surface area contributed by atoms with Crippen molar-refractivity contribution < 1.29 is 19.1 Å². The highest BCUT2D eigenvalue weighted by molar-refractivity contribution is 6.06. The third-order valence-corrected chi connectivity index (χ3v) is 4.64. The highest BCUT2D eigenvalue weighted by atomic mass is 16.5. The van der Waals surface area contributed by atoms with Gasteiger partial charge in [-0.15, -0.1) is 0 Å². The molecule has 0 saturated carbocycles. The molecule has 8 nitrogen and oxygen atoms in total. The Balaban J connectivity index is 1.64.